The van der Waals surface area contributed by atoms with E-state index >= 15 is 0 Å². The summed E-state index contributed by atoms with van der Waals surface area (Å²) in [5, 5.41) is 0. The number of aromatic nitrogens is 2. The second-order valence-electron chi connectivity index (χ2n) is 6.68. The number of benzene rings is 1. The Morgan fingerprint density at radius 2 is 1.88 bits per heavy atom. The van der Waals surface area contributed by atoms with Crippen molar-refractivity contribution in [3.8, 4) is 0 Å². The lowest BCUT2D eigenvalue weighted by Gasteiger charge is -2.32. The molecule has 0 bridgehead atoms. The number of hydrogen-bond donors (Lipinski definition) is 1. The topological polar surface area (TPSA) is 55.0 Å². The van der Waals surface area contributed by atoms with Crippen LogP contribution in [0.25, 0.3) is 11.4 Å². The van der Waals surface area contributed by atoms with E-state index in [1.165, 1.54) is 11.1 Å². The van der Waals surface area contributed by atoms with E-state index in [4.69, 9.17) is 5.73 Å². The molecule has 2 N–H and O–H groups in total. The molecule has 0 fully saturated rings. The fourth-order valence-corrected chi connectivity index (χ4v) is 3.14. The third-order valence-corrected chi connectivity index (χ3v) is 4.65. The van der Waals surface area contributed by atoms with E-state index in [-0.39, 0.29) is 6.04 Å². The molecule has 26 heavy (non-hydrogen) atoms. The molecule has 0 saturated carbocycles. The molecular weight excluding hydrogens is 320 g/mol. The molecule has 134 valence electrons. The summed E-state index contributed by atoms with van der Waals surface area (Å²) in [5.41, 5.74) is 12.7. The first-order chi connectivity index (χ1) is 12.5. The predicted octanol–water partition coefficient (Wildman–Crippen LogP) is 4.43. The van der Waals surface area contributed by atoms with Gasteiger partial charge in [-0.2, -0.15) is 0 Å². The standard InChI is InChI=1S/C22H26N4/c1-5-18-11-13-26(16(3)14-18)22(20-10-12-24-17(4)25-20)21(23)19-8-6-15(2)7-9-19/h6-14,16H,5,23H2,1-4H3/b22-21-. The van der Waals surface area contributed by atoms with Crippen LogP contribution >= 0.6 is 0 Å². The molecule has 2 aromatic rings. The first kappa shape index (κ1) is 17.9. The van der Waals surface area contributed by atoms with E-state index in [2.05, 4.69) is 78.3 Å². The van der Waals surface area contributed by atoms with Gasteiger partial charge in [0.2, 0.25) is 0 Å². The van der Waals surface area contributed by atoms with Crippen molar-refractivity contribution in [2.24, 2.45) is 5.73 Å². The van der Waals surface area contributed by atoms with Crippen LogP contribution in [0, 0.1) is 13.8 Å². The molecular formula is C22H26N4. The van der Waals surface area contributed by atoms with Gasteiger partial charge in [-0.1, -0.05) is 42.8 Å². The zero-order valence-electron chi connectivity index (χ0n) is 15.9. The molecule has 1 atom stereocenters. The maximum atomic E-state index is 6.65. The molecule has 3 rings (SSSR count). The van der Waals surface area contributed by atoms with Gasteiger partial charge in [-0.05, 0) is 50.5 Å². The highest BCUT2D eigenvalue weighted by molar-refractivity contribution is 5.88. The van der Waals surface area contributed by atoms with E-state index in [1.54, 1.807) is 6.20 Å². The molecule has 0 radical (unpaired) electrons. The zero-order chi connectivity index (χ0) is 18.7. The minimum absolute atomic E-state index is 0.198. The number of allylic oxidation sites excluding steroid dienone is 2. The lowest BCUT2D eigenvalue weighted by atomic mass is 10.0. The van der Waals surface area contributed by atoms with Crippen molar-refractivity contribution in [1.82, 2.24) is 14.9 Å². The van der Waals surface area contributed by atoms with Crippen molar-refractivity contribution >= 4 is 11.4 Å². The van der Waals surface area contributed by atoms with E-state index in [0.717, 1.165) is 29.2 Å². The third kappa shape index (κ3) is 3.69. The smallest absolute Gasteiger partial charge is 0.125 e. The minimum atomic E-state index is 0.198. The molecule has 1 unspecified atom stereocenters. The fraction of sp³-hybridized carbons (Fsp3) is 0.273. The van der Waals surface area contributed by atoms with Gasteiger partial charge in [-0.25, -0.2) is 9.97 Å². The van der Waals surface area contributed by atoms with Gasteiger partial charge in [-0.3, -0.25) is 0 Å². The van der Waals surface area contributed by atoms with Crippen LogP contribution in [0.5, 0.6) is 0 Å². The SMILES string of the molecule is CCC1=CC(C)N(/C(=C(\N)c2ccc(C)cc2)c2ccnc(C)n2)C=C1. The van der Waals surface area contributed by atoms with Gasteiger partial charge in [0.15, 0.2) is 0 Å². The highest BCUT2D eigenvalue weighted by atomic mass is 15.2. The van der Waals surface area contributed by atoms with Crippen molar-refractivity contribution < 1.29 is 0 Å². The molecule has 1 aliphatic rings. The summed E-state index contributed by atoms with van der Waals surface area (Å²) < 4.78 is 0. The van der Waals surface area contributed by atoms with Crippen LogP contribution in [0.1, 0.15) is 42.9 Å². The maximum Gasteiger partial charge on any atom is 0.125 e. The Bertz CT molecular complexity index is 875. The highest BCUT2D eigenvalue weighted by Gasteiger charge is 2.22. The molecule has 0 amide bonds. The molecule has 0 spiro atoms. The summed E-state index contributed by atoms with van der Waals surface area (Å²) in [6.45, 7) is 8.32. The summed E-state index contributed by atoms with van der Waals surface area (Å²) in [4.78, 5) is 11.1. The quantitative estimate of drug-likeness (QED) is 0.889. The Hall–Kier alpha value is -2.88. The number of nitrogens with zero attached hydrogens (tertiary/aromatic N) is 3. The number of hydrogen-bond acceptors (Lipinski definition) is 4. The van der Waals surface area contributed by atoms with Crippen LogP contribution in [0.15, 0.2) is 60.5 Å². The average Bonchev–Trinajstić information content (AvgIpc) is 2.63. The second kappa shape index (κ2) is 7.56. The molecule has 0 aliphatic carbocycles. The predicted molar refractivity (Wildman–Crippen MR) is 108 cm³/mol. The van der Waals surface area contributed by atoms with Crippen molar-refractivity contribution in [3.05, 3.63) is 83.1 Å². The fourth-order valence-electron chi connectivity index (χ4n) is 3.14. The van der Waals surface area contributed by atoms with Crippen molar-refractivity contribution in [2.75, 3.05) is 0 Å². The molecule has 1 aliphatic heterocycles. The van der Waals surface area contributed by atoms with E-state index in [0.29, 0.717) is 5.70 Å². The summed E-state index contributed by atoms with van der Waals surface area (Å²) >= 11 is 0. The first-order valence-corrected chi connectivity index (χ1v) is 9.03. The van der Waals surface area contributed by atoms with Gasteiger partial charge in [0.1, 0.15) is 5.82 Å². The van der Waals surface area contributed by atoms with E-state index < -0.39 is 0 Å². The van der Waals surface area contributed by atoms with Gasteiger partial charge in [-0.15, -0.1) is 0 Å². The van der Waals surface area contributed by atoms with Crippen LogP contribution in [0.2, 0.25) is 0 Å². The van der Waals surface area contributed by atoms with E-state index in [1.807, 2.05) is 13.0 Å². The largest absolute Gasteiger partial charge is 0.396 e. The minimum Gasteiger partial charge on any atom is -0.396 e. The summed E-state index contributed by atoms with van der Waals surface area (Å²) in [5.74, 6) is 0.732. The Morgan fingerprint density at radius 1 is 1.15 bits per heavy atom. The highest BCUT2D eigenvalue weighted by Crippen LogP contribution is 2.30. The van der Waals surface area contributed by atoms with Gasteiger partial charge in [0.25, 0.3) is 0 Å². The summed E-state index contributed by atoms with van der Waals surface area (Å²) in [6.07, 6.45) is 9.34. The molecule has 2 heterocycles. The zero-order valence-corrected chi connectivity index (χ0v) is 15.9. The Labute approximate surface area is 155 Å². The third-order valence-electron chi connectivity index (χ3n) is 4.65. The van der Waals surface area contributed by atoms with Crippen LogP contribution < -0.4 is 5.73 Å². The lowest BCUT2D eigenvalue weighted by Crippen LogP contribution is -2.29. The number of nitrogens with two attached hydrogens (primary N) is 1. The molecule has 1 aromatic heterocycles. The Morgan fingerprint density at radius 3 is 2.50 bits per heavy atom. The monoisotopic (exact) mass is 346 g/mol. The summed E-state index contributed by atoms with van der Waals surface area (Å²) in [7, 11) is 0. The van der Waals surface area contributed by atoms with E-state index in [9.17, 15) is 0 Å². The van der Waals surface area contributed by atoms with Gasteiger partial charge >= 0.3 is 0 Å². The Balaban J connectivity index is 2.14. The number of aryl methyl sites for hydroxylation is 2. The van der Waals surface area contributed by atoms with Gasteiger partial charge in [0.05, 0.1) is 17.1 Å². The van der Waals surface area contributed by atoms with Crippen molar-refractivity contribution in [2.45, 2.75) is 40.2 Å². The molecule has 0 saturated heterocycles. The van der Waals surface area contributed by atoms with Gasteiger partial charge in [0, 0.05) is 18.4 Å². The van der Waals surface area contributed by atoms with Crippen molar-refractivity contribution in [3.63, 3.8) is 0 Å². The molecule has 4 heteroatoms. The van der Waals surface area contributed by atoms with Crippen LogP contribution in [-0.4, -0.2) is 20.9 Å². The average molecular weight is 346 g/mol. The first-order valence-electron chi connectivity index (χ1n) is 9.03. The molecule has 1 aromatic carbocycles. The maximum absolute atomic E-state index is 6.65. The Kier molecular flexibility index (Phi) is 5.21. The number of rotatable bonds is 4. The summed E-state index contributed by atoms with van der Waals surface area (Å²) in [6, 6.07) is 10.4. The van der Waals surface area contributed by atoms with Crippen LogP contribution in [-0.2, 0) is 0 Å². The van der Waals surface area contributed by atoms with Crippen molar-refractivity contribution in [1.29, 1.82) is 0 Å². The second-order valence-corrected chi connectivity index (χ2v) is 6.68. The lowest BCUT2D eigenvalue weighted by molar-refractivity contribution is 0.464. The molecule has 4 nitrogen and oxygen atoms in total. The van der Waals surface area contributed by atoms with Crippen LogP contribution in [0.3, 0.4) is 0 Å². The van der Waals surface area contributed by atoms with Crippen LogP contribution in [0.4, 0.5) is 0 Å². The van der Waals surface area contributed by atoms with Gasteiger partial charge < -0.3 is 10.6 Å². The normalized spacial score (nSPS) is 17.8.